The summed E-state index contributed by atoms with van der Waals surface area (Å²) in [6.45, 7) is 0.528. The largest absolute Gasteiger partial charge is 0.493 e. The zero-order valence-electron chi connectivity index (χ0n) is 19.7. The predicted octanol–water partition coefficient (Wildman–Crippen LogP) is 5.29. The van der Waals surface area contributed by atoms with Gasteiger partial charge in [-0.1, -0.05) is 25.0 Å². The molecule has 1 N–H and O–H groups in total. The lowest BCUT2D eigenvalue weighted by Crippen LogP contribution is -2.46. The summed E-state index contributed by atoms with van der Waals surface area (Å²) < 4.78 is 26.1. The second-order valence-corrected chi connectivity index (χ2v) is 9.10. The lowest BCUT2D eigenvalue weighted by Gasteiger charge is -2.29. The fourth-order valence-corrected chi connectivity index (χ4v) is 5.17. The van der Waals surface area contributed by atoms with Crippen LogP contribution in [-0.2, 0) is 6.42 Å². The van der Waals surface area contributed by atoms with E-state index in [2.05, 4.69) is 22.4 Å². The number of rotatable bonds is 5. The van der Waals surface area contributed by atoms with Crippen LogP contribution in [0.15, 0.2) is 47.9 Å². The zero-order chi connectivity index (χ0) is 23.7. The molecule has 7 heteroatoms. The van der Waals surface area contributed by atoms with Crippen LogP contribution in [0.4, 0.5) is 9.18 Å². The third-order valence-corrected chi connectivity index (χ3v) is 7.06. The van der Waals surface area contributed by atoms with Crippen molar-refractivity contribution in [3.63, 3.8) is 0 Å². The molecule has 0 saturated heterocycles. The number of fused-ring (bicyclic) bond motifs is 1. The van der Waals surface area contributed by atoms with Crippen LogP contribution in [0.5, 0.6) is 11.5 Å². The maximum atomic E-state index is 15.3. The highest BCUT2D eigenvalue weighted by molar-refractivity contribution is 5.86. The quantitative estimate of drug-likeness (QED) is 0.655. The van der Waals surface area contributed by atoms with Crippen molar-refractivity contribution in [3.05, 3.63) is 59.2 Å². The van der Waals surface area contributed by atoms with Crippen LogP contribution in [0, 0.1) is 0 Å². The lowest BCUT2D eigenvalue weighted by atomic mass is 9.93. The lowest BCUT2D eigenvalue weighted by molar-refractivity contribution is 0.192. The maximum absolute atomic E-state index is 15.3. The minimum atomic E-state index is -0.233. The van der Waals surface area contributed by atoms with Gasteiger partial charge in [-0.15, -0.1) is 0 Å². The first-order chi connectivity index (χ1) is 16.6. The number of hydrogen-bond acceptors (Lipinski definition) is 4. The fourth-order valence-electron chi connectivity index (χ4n) is 5.17. The van der Waals surface area contributed by atoms with Gasteiger partial charge in [0.25, 0.3) is 0 Å². The molecule has 178 valence electrons. The Hall–Kier alpha value is -3.35. The van der Waals surface area contributed by atoms with E-state index < -0.39 is 0 Å². The highest BCUT2D eigenvalue weighted by Gasteiger charge is 2.29. The number of methoxy groups -OCH3 is 2. The zero-order valence-corrected chi connectivity index (χ0v) is 19.7. The van der Waals surface area contributed by atoms with Gasteiger partial charge in [-0.3, -0.25) is 4.98 Å². The Morgan fingerprint density at radius 1 is 1.12 bits per heavy atom. The summed E-state index contributed by atoms with van der Waals surface area (Å²) in [5, 5.41) is 3.07. The number of carbonyl (C=O) groups is 1. The SMILES string of the molecule is COc1ccc(-c2cnc3c(c2)C(C2=C(F)CN(C(=O)NC4CCCC4)CC2)=CC3)cc1OC. The van der Waals surface area contributed by atoms with E-state index in [9.17, 15) is 4.79 Å². The number of hydrogen-bond donors (Lipinski definition) is 1. The second-order valence-electron chi connectivity index (χ2n) is 9.10. The molecule has 2 amide bonds. The van der Waals surface area contributed by atoms with Gasteiger partial charge in [-0.2, -0.15) is 0 Å². The van der Waals surface area contributed by atoms with Crippen molar-refractivity contribution >= 4 is 11.6 Å². The summed E-state index contributed by atoms with van der Waals surface area (Å²) >= 11 is 0. The number of urea groups is 1. The summed E-state index contributed by atoms with van der Waals surface area (Å²) in [4.78, 5) is 18.9. The topological polar surface area (TPSA) is 63.7 Å². The van der Waals surface area contributed by atoms with Gasteiger partial charge in [0.2, 0.25) is 0 Å². The summed E-state index contributed by atoms with van der Waals surface area (Å²) in [7, 11) is 3.22. The third kappa shape index (κ3) is 4.27. The summed E-state index contributed by atoms with van der Waals surface area (Å²) in [6.07, 6.45) is 9.41. The molecule has 0 spiro atoms. The highest BCUT2D eigenvalue weighted by atomic mass is 19.1. The summed E-state index contributed by atoms with van der Waals surface area (Å²) in [5.74, 6) is 1.08. The van der Waals surface area contributed by atoms with E-state index >= 15 is 4.39 Å². The van der Waals surface area contributed by atoms with E-state index in [1.165, 1.54) is 0 Å². The maximum Gasteiger partial charge on any atom is 0.318 e. The normalized spacial score (nSPS) is 18.1. The van der Waals surface area contributed by atoms with Crippen LogP contribution in [-0.4, -0.2) is 49.3 Å². The molecule has 0 bridgehead atoms. The standard InChI is InChI=1S/C27H30FN3O3/c1-33-25-10-7-17(14-26(25)34-2)18-13-22-20(8-9-24(22)29-15-18)21-11-12-31(16-23(21)28)27(32)30-19-5-3-4-6-19/h7-8,10,13-15,19H,3-6,9,11-12,16H2,1-2H3,(H,30,32). The van der Waals surface area contributed by atoms with Crippen LogP contribution in [0.1, 0.15) is 43.4 Å². The number of amides is 2. The fraction of sp³-hybridized carbons (Fsp3) is 0.407. The Bertz CT molecular complexity index is 1170. The first kappa shape index (κ1) is 22.4. The molecule has 34 heavy (non-hydrogen) atoms. The minimum Gasteiger partial charge on any atom is -0.493 e. The predicted molar refractivity (Wildman–Crippen MR) is 130 cm³/mol. The first-order valence-electron chi connectivity index (χ1n) is 11.9. The number of nitrogens with zero attached hydrogens (tertiary/aromatic N) is 2. The van der Waals surface area contributed by atoms with Crippen LogP contribution < -0.4 is 14.8 Å². The number of nitrogens with one attached hydrogen (secondary N) is 1. The third-order valence-electron chi connectivity index (χ3n) is 7.06. The van der Waals surface area contributed by atoms with Gasteiger partial charge >= 0.3 is 6.03 Å². The molecule has 2 aromatic rings. The Morgan fingerprint density at radius 2 is 1.91 bits per heavy atom. The Balaban J connectivity index is 1.36. The molecule has 5 rings (SSSR count). The molecular weight excluding hydrogens is 433 g/mol. The minimum absolute atomic E-state index is 0.0172. The van der Waals surface area contributed by atoms with Crippen LogP contribution >= 0.6 is 0 Å². The number of carbonyl (C=O) groups excluding carboxylic acids is 1. The van der Waals surface area contributed by atoms with Crippen molar-refractivity contribution in [2.75, 3.05) is 27.3 Å². The van der Waals surface area contributed by atoms with Crippen LogP contribution in [0.25, 0.3) is 16.7 Å². The Kier molecular flexibility index (Phi) is 6.26. The molecule has 3 aliphatic rings. The van der Waals surface area contributed by atoms with Crippen LogP contribution in [0.2, 0.25) is 0 Å². The molecule has 1 saturated carbocycles. The van der Waals surface area contributed by atoms with Gasteiger partial charge in [0.15, 0.2) is 11.5 Å². The average Bonchev–Trinajstić information content (AvgIpc) is 3.53. The van der Waals surface area contributed by atoms with Crippen molar-refractivity contribution in [2.24, 2.45) is 0 Å². The van der Waals surface area contributed by atoms with Crippen molar-refractivity contribution in [2.45, 2.75) is 44.6 Å². The van der Waals surface area contributed by atoms with Gasteiger partial charge in [0.1, 0.15) is 5.83 Å². The number of halogens is 1. The molecule has 1 aromatic heterocycles. The molecule has 1 fully saturated rings. The molecule has 1 aliphatic heterocycles. The monoisotopic (exact) mass is 463 g/mol. The summed E-state index contributed by atoms with van der Waals surface area (Å²) in [6, 6.07) is 7.90. The molecule has 2 aliphatic carbocycles. The number of ether oxygens (including phenoxy) is 2. The average molecular weight is 464 g/mol. The second kappa shape index (κ2) is 9.49. The number of benzene rings is 1. The molecule has 1 aromatic carbocycles. The van der Waals surface area contributed by atoms with E-state index in [1.807, 2.05) is 24.4 Å². The van der Waals surface area contributed by atoms with E-state index in [0.717, 1.165) is 53.6 Å². The smallest absolute Gasteiger partial charge is 0.318 e. The molecular formula is C27H30FN3O3. The first-order valence-corrected chi connectivity index (χ1v) is 11.9. The number of aromatic nitrogens is 1. The highest BCUT2D eigenvalue weighted by Crippen LogP contribution is 2.40. The van der Waals surface area contributed by atoms with Gasteiger partial charge < -0.3 is 19.7 Å². The molecule has 0 radical (unpaired) electrons. The van der Waals surface area contributed by atoms with E-state index in [4.69, 9.17) is 9.47 Å². The Morgan fingerprint density at radius 3 is 2.65 bits per heavy atom. The molecule has 0 atom stereocenters. The van der Waals surface area contributed by atoms with Crippen LogP contribution in [0.3, 0.4) is 0 Å². The van der Waals surface area contributed by atoms with Crippen molar-refractivity contribution in [3.8, 4) is 22.6 Å². The molecule has 6 nitrogen and oxygen atoms in total. The van der Waals surface area contributed by atoms with Crippen molar-refractivity contribution < 1.29 is 18.7 Å². The van der Waals surface area contributed by atoms with Gasteiger partial charge in [0.05, 0.1) is 26.5 Å². The Labute approximate surface area is 199 Å². The number of allylic oxidation sites excluding steroid dienone is 2. The summed E-state index contributed by atoms with van der Waals surface area (Å²) in [5.41, 5.74) is 5.38. The van der Waals surface area contributed by atoms with Gasteiger partial charge in [0, 0.05) is 36.3 Å². The van der Waals surface area contributed by atoms with Crippen molar-refractivity contribution in [1.82, 2.24) is 15.2 Å². The molecule has 2 heterocycles. The van der Waals surface area contributed by atoms with E-state index in [1.54, 1.807) is 19.1 Å². The molecule has 0 unspecified atom stereocenters. The van der Waals surface area contributed by atoms with Gasteiger partial charge in [-0.25, -0.2) is 9.18 Å². The van der Waals surface area contributed by atoms with Crippen molar-refractivity contribution in [1.29, 1.82) is 0 Å². The number of pyridine rings is 1. The van der Waals surface area contributed by atoms with E-state index in [-0.39, 0.29) is 24.4 Å². The van der Waals surface area contributed by atoms with Gasteiger partial charge in [-0.05, 0) is 54.2 Å². The van der Waals surface area contributed by atoms with E-state index in [0.29, 0.717) is 36.5 Å².